The van der Waals surface area contributed by atoms with Crippen LogP contribution in [0.2, 0.25) is 0 Å². The van der Waals surface area contributed by atoms with Gasteiger partial charge < -0.3 is 5.11 Å². The third-order valence-corrected chi connectivity index (χ3v) is 6.71. The number of aromatic nitrogens is 6. The molecule has 1 N–H and O–H groups in total. The molecule has 0 fully saturated rings. The summed E-state index contributed by atoms with van der Waals surface area (Å²) in [5.41, 5.74) is -2.86. The molecular formula is C26H24F2N6O2. The predicted molar refractivity (Wildman–Crippen MR) is 129 cm³/mol. The van der Waals surface area contributed by atoms with Crippen LogP contribution in [0.3, 0.4) is 0 Å². The fourth-order valence-corrected chi connectivity index (χ4v) is 4.64. The number of allylic oxidation sites excluding steroid dienone is 2. The zero-order valence-corrected chi connectivity index (χ0v) is 19.9. The summed E-state index contributed by atoms with van der Waals surface area (Å²) in [6, 6.07) is 10.4. The van der Waals surface area contributed by atoms with Crippen LogP contribution in [0.15, 0.2) is 84.5 Å². The molecule has 0 amide bonds. The van der Waals surface area contributed by atoms with Crippen LogP contribution in [0, 0.1) is 11.6 Å². The summed E-state index contributed by atoms with van der Waals surface area (Å²) in [4.78, 5) is 17.6. The molecule has 2 aromatic heterocycles. The summed E-state index contributed by atoms with van der Waals surface area (Å²) in [7, 11) is 0. The average molecular weight is 491 g/mol. The Labute approximate surface area is 205 Å². The van der Waals surface area contributed by atoms with Crippen molar-refractivity contribution in [2.24, 2.45) is 0 Å². The zero-order valence-electron chi connectivity index (χ0n) is 19.9. The lowest BCUT2D eigenvalue weighted by Crippen LogP contribution is -2.56. The largest absolute Gasteiger partial charge is 0.376 e. The molecule has 0 bridgehead atoms. The van der Waals surface area contributed by atoms with E-state index in [1.165, 1.54) is 34.3 Å². The molecule has 0 spiro atoms. The van der Waals surface area contributed by atoms with Crippen LogP contribution in [0.25, 0.3) is 11.4 Å². The molecule has 2 atom stereocenters. The molecule has 0 unspecified atom stereocenters. The summed E-state index contributed by atoms with van der Waals surface area (Å²) in [5, 5.41) is 20.8. The van der Waals surface area contributed by atoms with E-state index in [0.717, 1.165) is 22.4 Å². The third-order valence-electron chi connectivity index (χ3n) is 6.71. The highest BCUT2D eigenvalue weighted by Crippen LogP contribution is 2.49. The van der Waals surface area contributed by atoms with Crippen molar-refractivity contribution in [2.45, 2.75) is 37.8 Å². The average Bonchev–Trinajstić information content (AvgIpc) is 3.51. The normalized spacial score (nSPS) is 21.7. The van der Waals surface area contributed by atoms with Gasteiger partial charge in [-0.15, -0.1) is 0 Å². The van der Waals surface area contributed by atoms with E-state index in [1.54, 1.807) is 19.1 Å². The second-order valence-electron chi connectivity index (χ2n) is 9.17. The summed E-state index contributed by atoms with van der Waals surface area (Å²) >= 11 is 0. The van der Waals surface area contributed by atoms with Crippen LogP contribution in [-0.2, 0) is 11.1 Å². The molecule has 2 aromatic carbocycles. The Morgan fingerprint density at radius 2 is 1.78 bits per heavy atom. The van der Waals surface area contributed by atoms with Gasteiger partial charge in [0, 0.05) is 11.6 Å². The van der Waals surface area contributed by atoms with Crippen molar-refractivity contribution in [3.8, 4) is 5.69 Å². The van der Waals surface area contributed by atoms with Crippen molar-refractivity contribution in [2.75, 3.05) is 0 Å². The van der Waals surface area contributed by atoms with Gasteiger partial charge >= 0.3 is 5.69 Å². The van der Waals surface area contributed by atoms with E-state index in [4.69, 9.17) is 0 Å². The van der Waals surface area contributed by atoms with Crippen LogP contribution in [0.4, 0.5) is 8.78 Å². The Morgan fingerprint density at radius 1 is 1.03 bits per heavy atom. The maximum Gasteiger partial charge on any atom is 0.351 e. The molecule has 36 heavy (non-hydrogen) atoms. The Balaban J connectivity index is 1.71. The fraction of sp³-hybridized carbons (Fsp3) is 0.231. The van der Waals surface area contributed by atoms with Crippen molar-refractivity contribution in [1.82, 2.24) is 29.1 Å². The molecule has 0 saturated heterocycles. The van der Waals surface area contributed by atoms with Crippen molar-refractivity contribution < 1.29 is 13.9 Å². The van der Waals surface area contributed by atoms with Crippen LogP contribution in [0.5, 0.6) is 0 Å². The highest BCUT2D eigenvalue weighted by molar-refractivity contribution is 5.65. The van der Waals surface area contributed by atoms with E-state index in [1.807, 2.05) is 24.3 Å². The van der Waals surface area contributed by atoms with E-state index in [-0.39, 0.29) is 11.3 Å². The number of halogens is 2. The van der Waals surface area contributed by atoms with Gasteiger partial charge in [0.1, 0.15) is 36.2 Å². The molecule has 1 aliphatic rings. The minimum atomic E-state index is -2.22. The van der Waals surface area contributed by atoms with Gasteiger partial charge in [-0.25, -0.2) is 27.8 Å². The first-order valence-corrected chi connectivity index (χ1v) is 11.4. The van der Waals surface area contributed by atoms with Crippen molar-refractivity contribution in [3.05, 3.63) is 113 Å². The minimum Gasteiger partial charge on any atom is -0.376 e. The molecular weight excluding hydrogens is 466 g/mol. The number of hydrogen-bond acceptors (Lipinski definition) is 5. The first-order chi connectivity index (χ1) is 17.2. The molecule has 0 saturated carbocycles. The Bertz CT molecular complexity index is 1540. The van der Waals surface area contributed by atoms with Gasteiger partial charge in [0.15, 0.2) is 5.60 Å². The van der Waals surface area contributed by atoms with E-state index in [2.05, 4.69) is 29.0 Å². The van der Waals surface area contributed by atoms with E-state index in [0.29, 0.717) is 17.7 Å². The third kappa shape index (κ3) is 3.44. The predicted octanol–water partition coefficient (Wildman–Crippen LogP) is 3.74. The number of aliphatic hydroxyl groups is 1. The summed E-state index contributed by atoms with van der Waals surface area (Å²) in [6.07, 6.45) is 8.66. The molecule has 0 radical (unpaired) electrons. The SMILES string of the molecule is CC(C)c1ccc(-n2cnn([C@]3(C)C=CC=C(n4cncn4)[C@]3(O)c3ccc(F)cc3F)c2=O)cc1. The van der Waals surface area contributed by atoms with Crippen molar-refractivity contribution in [3.63, 3.8) is 0 Å². The molecule has 2 heterocycles. The maximum atomic E-state index is 15.2. The number of nitrogens with zero attached hydrogens (tertiary/aromatic N) is 6. The van der Waals surface area contributed by atoms with Crippen molar-refractivity contribution in [1.29, 1.82) is 0 Å². The highest BCUT2D eigenvalue weighted by Gasteiger charge is 2.56. The quantitative estimate of drug-likeness (QED) is 0.460. The van der Waals surface area contributed by atoms with Crippen LogP contribution >= 0.6 is 0 Å². The summed E-state index contributed by atoms with van der Waals surface area (Å²) in [5.74, 6) is -1.46. The Hall–Kier alpha value is -4.18. The standard InChI is InChI=1S/C26H24F2N6O2/c1-17(2)18-6-9-20(10-7-18)32-16-31-34(24(32)35)25(3)12-4-5-23(33-15-29-14-30-33)26(25,36)21-11-8-19(27)13-22(21)28/h4-17,36H,1-3H3/t25-,26-/m1/s1. The Morgan fingerprint density at radius 3 is 2.42 bits per heavy atom. The molecule has 10 heteroatoms. The molecule has 4 aromatic rings. The molecule has 1 aliphatic carbocycles. The van der Waals surface area contributed by atoms with Gasteiger partial charge in [-0.2, -0.15) is 14.9 Å². The van der Waals surface area contributed by atoms with Gasteiger partial charge in [0.25, 0.3) is 0 Å². The lowest BCUT2D eigenvalue weighted by molar-refractivity contribution is -0.0124. The van der Waals surface area contributed by atoms with Gasteiger partial charge in [-0.05, 0) is 48.7 Å². The van der Waals surface area contributed by atoms with E-state index < -0.39 is 28.5 Å². The summed E-state index contributed by atoms with van der Waals surface area (Å²) in [6.45, 7) is 5.70. The van der Waals surface area contributed by atoms with E-state index >= 15 is 4.39 Å². The highest BCUT2D eigenvalue weighted by atomic mass is 19.1. The second-order valence-corrected chi connectivity index (χ2v) is 9.17. The smallest absolute Gasteiger partial charge is 0.351 e. The number of rotatable bonds is 5. The lowest BCUT2D eigenvalue weighted by atomic mass is 9.71. The molecule has 184 valence electrons. The van der Waals surface area contributed by atoms with Gasteiger partial charge in [0.05, 0.1) is 11.4 Å². The van der Waals surface area contributed by atoms with Crippen LogP contribution in [0.1, 0.15) is 37.8 Å². The van der Waals surface area contributed by atoms with Crippen LogP contribution < -0.4 is 5.69 Å². The monoisotopic (exact) mass is 490 g/mol. The molecule has 5 rings (SSSR count). The molecule has 8 nitrogen and oxygen atoms in total. The molecule has 0 aliphatic heterocycles. The summed E-state index contributed by atoms with van der Waals surface area (Å²) < 4.78 is 32.7. The van der Waals surface area contributed by atoms with Gasteiger partial charge in [0.2, 0.25) is 0 Å². The van der Waals surface area contributed by atoms with Crippen LogP contribution in [-0.4, -0.2) is 34.2 Å². The fourth-order valence-electron chi connectivity index (χ4n) is 4.64. The topological polar surface area (TPSA) is 90.8 Å². The van der Waals surface area contributed by atoms with Gasteiger partial charge in [-0.1, -0.05) is 38.1 Å². The van der Waals surface area contributed by atoms with Gasteiger partial charge in [-0.3, -0.25) is 0 Å². The maximum absolute atomic E-state index is 15.2. The minimum absolute atomic E-state index is 0.109. The van der Waals surface area contributed by atoms with E-state index in [9.17, 15) is 14.3 Å². The zero-order chi connectivity index (χ0) is 25.7. The van der Waals surface area contributed by atoms with Crippen molar-refractivity contribution >= 4 is 5.70 Å². The lowest BCUT2D eigenvalue weighted by Gasteiger charge is -2.45. The second kappa shape index (κ2) is 8.49. The number of hydrogen-bond donors (Lipinski definition) is 1. The number of benzene rings is 2. The Kier molecular flexibility index (Phi) is 5.55. The first kappa shape index (κ1) is 23.6. The first-order valence-electron chi connectivity index (χ1n) is 11.4.